The van der Waals surface area contributed by atoms with Gasteiger partial charge in [-0.1, -0.05) is 53.7 Å². The molecule has 0 amide bonds. The zero-order valence-corrected chi connectivity index (χ0v) is 20.3. The molecule has 6 rings (SSSR count). The van der Waals surface area contributed by atoms with Crippen LogP contribution in [-0.2, 0) is 6.54 Å². The number of likely N-dealkylation sites (tertiary alicyclic amines) is 1. The molecule has 0 bridgehead atoms. The van der Waals surface area contributed by atoms with E-state index in [1.54, 1.807) is 0 Å². The first-order chi connectivity index (χ1) is 18.4. The molecule has 10 heteroatoms. The molecule has 1 saturated heterocycles. The summed E-state index contributed by atoms with van der Waals surface area (Å²) in [5, 5.41) is 9.88. The molecular formula is C28H24F3N5O2. The zero-order valence-electron chi connectivity index (χ0n) is 20.3. The van der Waals surface area contributed by atoms with Gasteiger partial charge >= 0.3 is 6.36 Å². The molecule has 1 fully saturated rings. The van der Waals surface area contributed by atoms with Gasteiger partial charge in [-0.2, -0.15) is 10.1 Å². The first kappa shape index (κ1) is 24.2. The van der Waals surface area contributed by atoms with Crippen molar-refractivity contribution in [3.8, 4) is 28.7 Å². The summed E-state index contributed by atoms with van der Waals surface area (Å²) in [6, 6.07) is 23.9. The van der Waals surface area contributed by atoms with Gasteiger partial charge in [0.2, 0.25) is 5.82 Å². The van der Waals surface area contributed by atoms with E-state index < -0.39 is 6.36 Å². The summed E-state index contributed by atoms with van der Waals surface area (Å²) in [6.07, 6.45) is -2.67. The van der Waals surface area contributed by atoms with Crippen LogP contribution in [0, 0.1) is 0 Å². The van der Waals surface area contributed by atoms with Crippen molar-refractivity contribution in [1.82, 2.24) is 24.8 Å². The molecule has 2 aromatic heterocycles. The van der Waals surface area contributed by atoms with E-state index in [0.29, 0.717) is 11.3 Å². The number of para-hydroxylation sites is 1. The normalized spacial score (nSPS) is 16.7. The van der Waals surface area contributed by atoms with Crippen molar-refractivity contribution in [2.45, 2.75) is 31.8 Å². The molecule has 3 heterocycles. The highest BCUT2D eigenvalue weighted by atomic mass is 19.4. The molecule has 3 aromatic carbocycles. The molecule has 0 spiro atoms. The van der Waals surface area contributed by atoms with Gasteiger partial charge in [-0.15, -0.1) is 13.2 Å². The topological polar surface area (TPSA) is 69.2 Å². The van der Waals surface area contributed by atoms with Crippen molar-refractivity contribution in [2.24, 2.45) is 0 Å². The third-order valence-electron chi connectivity index (χ3n) is 6.66. The number of fused-ring (bicyclic) bond motifs is 1. The SMILES string of the molecule is FC(F)(F)Oc1ccc(-c2noc(-c3nn(C4CCCN(Cc5ccccc5)C4)c4ccccc34)n2)cc1. The molecule has 0 radical (unpaired) electrons. The lowest BCUT2D eigenvalue weighted by Gasteiger charge is -2.33. The second-order valence-electron chi connectivity index (χ2n) is 9.32. The highest BCUT2D eigenvalue weighted by Gasteiger charge is 2.31. The average molecular weight is 520 g/mol. The van der Waals surface area contributed by atoms with Gasteiger partial charge in [-0.25, -0.2) is 0 Å². The molecule has 5 aromatic rings. The van der Waals surface area contributed by atoms with E-state index in [1.165, 1.54) is 29.8 Å². The molecule has 1 unspecified atom stereocenters. The number of hydrogen-bond acceptors (Lipinski definition) is 6. The fourth-order valence-electron chi connectivity index (χ4n) is 4.98. The number of halogens is 3. The summed E-state index contributed by atoms with van der Waals surface area (Å²) in [5.41, 5.74) is 3.36. The first-order valence-electron chi connectivity index (χ1n) is 12.4. The lowest BCUT2D eigenvalue weighted by molar-refractivity contribution is -0.274. The highest BCUT2D eigenvalue weighted by Crippen LogP contribution is 2.33. The molecule has 1 aliphatic heterocycles. The number of aromatic nitrogens is 4. The predicted molar refractivity (Wildman–Crippen MR) is 135 cm³/mol. The Balaban J connectivity index is 1.27. The Kier molecular flexibility index (Phi) is 6.32. The maximum atomic E-state index is 12.5. The predicted octanol–water partition coefficient (Wildman–Crippen LogP) is 6.49. The van der Waals surface area contributed by atoms with Crippen LogP contribution in [0.4, 0.5) is 13.2 Å². The van der Waals surface area contributed by atoms with E-state index in [2.05, 4.69) is 48.7 Å². The third kappa shape index (κ3) is 5.12. The molecule has 0 N–H and O–H groups in total. The second kappa shape index (κ2) is 9.94. The monoisotopic (exact) mass is 519 g/mol. The number of nitrogens with zero attached hydrogens (tertiary/aromatic N) is 5. The van der Waals surface area contributed by atoms with Gasteiger partial charge < -0.3 is 9.26 Å². The lowest BCUT2D eigenvalue weighted by atomic mass is 10.0. The van der Waals surface area contributed by atoms with Crippen molar-refractivity contribution >= 4 is 10.9 Å². The number of ether oxygens (including phenoxy) is 1. The highest BCUT2D eigenvalue weighted by molar-refractivity contribution is 5.91. The van der Waals surface area contributed by atoms with Crippen LogP contribution in [-0.4, -0.2) is 44.3 Å². The summed E-state index contributed by atoms with van der Waals surface area (Å²) >= 11 is 0. The van der Waals surface area contributed by atoms with E-state index in [4.69, 9.17) is 9.62 Å². The van der Waals surface area contributed by atoms with Crippen LogP contribution in [0.2, 0.25) is 0 Å². The molecule has 194 valence electrons. The van der Waals surface area contributed by atoms with Crippen LogP contribution < -0.4 is 4.74 Å². The molecule has 38 heavy (non-hydrogen) atoms. The molecule has 0 saturated carbocycles. The summed E-state index contributed by atoms with van der Waals surface area (Å²) in [5.74, 6) is 0.190. The van der Waals surface area contributed by atoms with E-state index in [1.807, 2.05) is 30.3 Å². The fourth-order valence-corrected chi connectivity index (χ4v) is 4.98. The van der Waals surface area contributed by atoms with E-state index in [-0.39, 0.29) is 23.5 Å². The maximum Gasteiger partial charge on any atom is 0.573 e. The van der Waals surface area contributed by atoms with Gasteiger partial charge in [-0.05, 0) is 55.3 Å². The quantitative estimate of drug-likeness (QED) is 0.256. The van der Waals surface area contributed by atoms with Crippen molar-refractivity contribution in [1.29, 1.82) is 0 Å². The van der Waals surface area contributed by atoms with Crippen molar-refractivity contribution < 1.29 is 22.4 Å². The lowest BCUT2D eigenvalue weighted by Crippen LogP contribution is -2.36. The zero-order chi connectivity index (χ0) is 26.1. The average Bonchev–Trinajstić information content (AvgIpc) is 3.54. The summed E-state index contributed by atoms with van der Waals surface area (Å²) in [7, 11) is 0. The van der Waals surface area contributed by atoms with Crippen molar-refractivity contribution in [3.63, 3.8) is 0 Å². The minimum Gasteiger partial charge on any atom is -0.406 e. The third-order valence-corrected chi connectivity index (χ3v) is 6.66. The molecule has 0 aliphatic carbocycles. The van der Waals surface area contributed by atoms with Gasteiger partial charge in [0.15, 0.2) is 5.69 Å². The van der Waals surface area contributed by atoms with Crippen LogP contribution in [0.25, 0.3) is 33.9 Å². The minimum absolute atomic E-state index is 0.190. The van der Waals surface area contributed by atoms with E-state index in [0.717, 1.165) is 43.4 Å². The molecular weight excluding hydrogens is 495 g/mol. The van der Waals surface area contributed by atoms with Crippen LogP contribution >= 0.6 is 0 Å². The van der Waals surface area contributed by atoms with Crippen LogP contribution in [0.1, 0.15) is 24.4 Å². The largest absolute Gasteiger partial charge is 0.573 e. The first-order valence-corrected chi connectivity index (χ1v) is 12.4. The summed E-state index contributed by atoms with van der Waals surface area (Å²) in [4.78, 5) is 6.96. The standard InChI is InChI=1S/C28H24F3N5O2/c29-28(30,31)37-22-14-12-20(13-15-22)26-32-27(38-34-26)25-23-10-4-5-11-24(23)36(33-25)21-9-6-16-35(18-21)17-19-7-2-1-3-8-19/h1-5,7-8,10-15,21H,6,9,16-18H2. The summed E-state index contributed by atoms with van der Waals surface area (Å²) < 4.78 is 49.0. The number of alkyl halides is 3. The number of hydrogen-bond donors (Lipinski definition) is 0. The van der Waals surface area contributed by atoms with Gasteiger partial charge in [0.05, 0.1) is 11.6 Å². The van der Waals surface area contributed by atoms with Gasteiger partial charge in [-0.3, -0.25) is 9.58 Å². The Bertz CT molecular complexity index is 1530. The number of benzene rings is 3. The smallest absolute Gasteiger partial charge is 0.406 e. The van der Waals surface area contributed by atoms with Crippen molar-refractivity contribution in [3.05, 3.63) is 84.4 Å². The molecule has 1 aliphatic rings. The Hall–Kier alpha value is -4.18. The Morgan fingerprint density at radius 2 is 1.71 bits per heavy atom. The Morgan fingerprint density at radius 3 is 2.50 bits per heavy atom. The van der Waals surface area contributed by atoms with Crippen LogP contribution in [0.15, 0.2) is 83.4 Å². The van der Waals surface area contributed by atoms with Gasteiger partial charge in [0, 0.05) is 24.0 Å². The second-order valence-corrected chi connectivity index (χ2v) is 9.32. The maximum absolute atomic E-state index is 12.5. The van der Waals surface area contributed by atoms with Crippen LogP contribution in [0.5, 0.6) is 5.75 Å². The number of rotatable bonds is 6. The summed E-state index contributed by atoms with van der Waals surface area (Å²) in [6.45, 7) is 2.81. The Morgan fingerprint density at radius 1 is 0.947 bits per heavy atom. The minimum atomic E-state index is -4.75. The molecule has 1 atom stereocenters. The van der Waals surface area contributed by atoms with Crippen molar-refractivity contribution in [2.75, 3.05) is 13.1 Å². The Labute approximate surface area is 216 Å². The fraction of sp³-hybridized carbons (Fsp3) is 0.250. The van der Waals surface area contributed by atoms with Crippen LogP contribution in [0.3, 0.4) is 0 Å². The molecule has 7 nitrogen and oxygen atoms in total. The number of piperidine rings is 1. The van der Waals surface area contributed by atoms with Gasteiger partial charge in [0.1, 0.15) is 5.75 Å². The van der Waals surface area contributed by atoms with E-state index in [9.17, 15) is 13.2 Å². The van der Waals surface area contributed by atoms with Gasteiger partial charge in [0.25, 0.3) is 5.89 Å². The van der Waals surface area contributed by atoms with E-state index >= 15 is 0 Å².